The third-order valence-electron chi connectivity index (χ3n) is 0. The molecule has 4 heavy (non-hydrogen) atoms. The molecule has 1 nitrogen and oxygen atoms in total. The van der Waals surface area contributed by atoms with Crippen LogP contribution >= 0.6 is 0 Å². The van der Waals surface area contributed by atoms with Gasteiger partial charge < -0.3 is 4.80 Å². The van der Waals surface area contributed by atoms with Crippen molar-refractivity contribution in [2.24, 2.45) is 0 Å². The van der Waals surface area contributed by atoms with Crippen molar-refractivity contribution in [2.75, 3.05) is 0 Å². The van der Waals surface area contributed by atoms with Crippen LogP contribution in [0.3, 0.4) is 0 Å². The van der Waals surface area contributed by atoms with Gasteiger partial charge in [0.05, 0.1) is 0 Å². The minimum atomic E-state index is 0. The third kappa shape index (κ3) is 8.83. The summed E-state index contributed by atoms with van der Waals surface area (Å²) in [7, 11) is 0.306. The summed E-state index contributed by atoms with van der Waals surface area (Å²) >= 11 is 0. The molecule has 4 heteroatoms. The minimum absolute atomic E-state index is 0. The van der Waals surface area contributed by atoms with E-state index < -0.39 is 0 Å². The number of rotatable bonds is 0. The van der Waals surface area contributed by atoms with Crippen LogP contribution in [0.4, 0.5) is 0 Å². The van der Waals surface area contributed by atoms with Crippen LogP contribution in [0.15, 0.2) is 0 Å². The van der Waals surface area contributed by atoms with Crippen molar-refractivity contribution in [3.8, 4) is 0 Å². The second-order valence-electron chi connectivity index (χ2n) is 0. The Bertz CT molecular complexity index is 8.00. The van der Waals surface area contributed by atoms with Gasteiger partial charge in [-0.05, 0) is 0 Å². The van der Waals surface area contributed by atoms with E-state index in [0.29, 0.717) is 10.5 Å². The fraction of sp³-hybridized carbons (Fsp3) is 0. The summed E-state index contributed by atoms with van der Waals surface area (Å²) < 4.78 is 0. The predicted octanol–water partition coefficient (Wildman–Crippen LogP) is -3.31. The van der Waals surface area contributed by atoms with Crippen LogP contribution in [-0.2, 0) is 0 Å². The topological polar surface area (TPSA) is 20.2 Å². The average molecular weight is 114 g/mol. The van der Waals surface area contributed by atoms with Crippen molar-refractivity contribution in [1.29, 1.82) is 0 Å². The first-order valence-corrected chi connectivity index (χ1v) is 1.34. The molecule has 0 aliphatic rings. The van der Waals surface area contributed by atoms with Gasteiger partial charge in [-0.15, -0.1) is 0 Å². The SMILES string of the molecule is O[SiH3].[CaH2].[NaH]. The van der Waals surface area contributed by atoms with Gasteiger partial charge in [-0.1, -0.05) is 0 Å². The van der Waals surface area contributed by atoms with Gasteiger partial charge in [0.15, 0.2) is 0 Å². The van der Waals surface area contributed by atoms with E-state index in [9.17, 15) is 0 Å². The molecule has 0 aromatic carbocycles. The number of hydrogen-bond acceptors (Lipinski definition) is 1. The van der Waals surface area contributed by atoms with Crippen molar-refractivity contribution in [3.63, 3.8) is 0 Å². The monoisotopic (exact) mass is 114 g/mol. The van der Waals surface area contributed by atoms with Crippen molar-refractivity contribution < 1.29 is 4.80 Å². The Morgan fingerprint density at radius 1 is 1.25 bits per heavy atom. The Morgan fingerprint density at radius 3 is 1.25 bits per heavy atom. The molecule has 20 valence electrons. The summed E-state index contributed by atoms with van der Waals surface area (Å²) in [5.41, 5.74) is 0. The van der Waals surface area contributed by atoms with Gasteiger partial charge in [-0.3, -0.25) is 0 Å². The molecule has 0 unspecified atom stereocenters. The molecule has 0 aromatic rings. The molecule has 0 saturated heterocycles. The van der Waals surface area contributed by atoms with E-state index in [1.807, 2.05) is 0 Å². The van der Waals surface area contributed by atoms with Crippen molar-refractivity contribution in [1.82, 2.24) is 0 Å². The maximum atomic E-state index is 7.14. The molecule has 0 spiro atoms. The van der Waals surface area contributed by atoms with Crippen molar-refractivity contribution >= 4 is 77.8 Å². The zero-order valence-corrected chi connectivity index (χ0v) is 3.45. The first-order valence-electron chi connectivity index (χ1n) is 0.447. The molecule has 0 amide bonds. The normalized spacial score (nSPS) is 2.25. The van der Waals surface area contributed by atoms with Crippen LogP contribution in [0.2, 0.25) is 0 Å². The average Bonchev–Trinajstić information content (AvgIpc) is 1.00. The molecule has 0 aromatic heterocycles. The van der Waals surface area contributed by atoms with Gasteiger partial charge in [0, 0.05) is 0 Å². The molecule has 0 heterocycles. The Balaban J connectivity index is -0.00000000500. The van der Waals surface area contributed by atoms with E-state index in [1.54, 1.807) is 0 Å². The summed E-state index contributed by atoms with van der Waals surface area (Å²) in [5, 5.41) is 0. The van der Waals surface area contributed by atoms with Crippen LogP contribution in [0, 0.1) is 0 Å². The fourth-order valence-corrected chi connectivity index (χ4v) is 0. The summed E-state index contributed by atoms with van der Waals surface area (Å²) in [6.07, 6.45) is 0. The van der Waals surface area contributed by atoms with Crippen molar-refractivity contribution in [3.05, 3.63) is 0 Å². The van der Waals surface area contributed by atoms with Gasteiger partial charge in [0.25, 0.3) is 0 Å². The summed E-state index contributed by atoms with van der Waals surface area (Å²) in [4.78, 5) is 7.14. The molecule has 0 aliphatic carbocycles. The van der Waals surface area contributed by atoms with Gasteiger partial charge in [-0.2, -0.15) is 0 Å². The van der Waals surface area contributed by atoms with E-state index in [-0.39, 0.29) is 67.3 Å². The molecule has 0 atom stereocenters. The first kappa shape index (κ1) is 16.1. The van der Waals surface area contributed by atoms with Crippen LogP contribution in [0.25, 0.3) is 0 Å². The summed E-state index contributed by atoms with van der Waals surface area (Å²) in [6.45, 7) is 0. The Kier molecular flexibility index (Phi) is 72.6. The van der Waals surface area contributed by atoms with E-state index in [2.05, 4.69) is 0 Å². The summed E-state index contributed by atoms with van der Waals surface area (Å²) in [6, 6.07) is 0. The standard InChI is InChI=1S/Ca.Na.H4OSi.3H/c;;1-2;;;/h;;1H,2H3;;;. The summed E-state index contributed by atoms with van der Waals surface area (Å²) in [5.74, 6) is 0. The number of hydrogen-bond donors (Lipinski definition) is 1. The first-order chi connectivity index (χ1) is 1.00. The molecule has 0 radical (unpaired) electrons. The van der Waals surface area contributed by atoms with Crippen LogP contribution in [-0.4, -0.2) is 82.6 Å². The van der Waals surface area contributed by atoms with Crippen LogP contribution in [0.1, 0.15) is 0 Å². The molecule has 1 N–H and O–H groups in total. The van der Waals surface area contributed by atoms with E-state index >= 15 is 0 Å². The van der Waals surface area contributed by atoms with Crippen molar-refractivity contribution in [2.45, 2.75) is 0 Å². The molecule has 0 aliphatic heterocycles. The maximum absolute atomic E-state index is 7.14. The molecular formula is H7CaNaOSi. The Labute approximate surface area is 81.0 Å². The quantitative estimate of drug-likeness (QED) is 0.327. The zero-order valence-electron chi connectivity index (χ0n) is 1.45. The third-order valence-corrected chi connectivity index (χ3v) is 0. The molecule has 0 saturated carbocycles. The van der Waals surface area contributed by atoms with E-state index in [1.165, 1.54) is 0 Å². The van der Waals surface area contributed by atoms with E-state index in [0.717, 1.165) is 0 Å². The Hall–Kier alpha value is 2.44. The van der Waals surface area contributed by atoms with Crippen LogP contribution < -0.4 is 0 Å². The zero-order chi connectivity index (χ0) is 2.00. The molecular weight excluding hydrogens is 107 g/mol. The van der Waals surface area contributed by atoms with Gasteiger partial charge in [-0.25, -0.2) is 0 Å². The molecule has 0 rings (SSSR count). The van der Waals surface area contributed by atoms with Gasteiger partial charge in [0.2, 0.25) is 0 Å². The second kappa shape index (κ2) is 18.0. The fourth-order valence-electron chi connectivity index (χ4n) is 0. The van der Waals surface area contributed by atoms with Gasteiger partial charge in [0.1, 0.15) is 10.5 Å². The second-order valence-corrected chi connectivity index (χ2v) is 0. The van der Waals surface area contributed by atoms with Crippen LogP contribution in [0.5, 0.6) is 0 Å². The van der Waals surface area contributed by atoms with E-state index in [4.69, 9.17) is 4.80 Å². The van der Waals surface area contributed by atoms with Gasteiger partial charge >= 0.3 is 67.3 Å². The molecule has 0 bridgehead atoms. The Morgan fingerprint density at radius 2 is 1.25 bits per heavy atom. The molecule has 0 fully saturated rings. The predicted molar refractivity (Wildman–Crippen MR) is 27.9 cm³/mol.